The Balaban J connectivity index is 1.66. The molecule has 0 amide bonds. The van der Waals surface area contributed by atoms with Crippen LogP contribution in [-0.4, -0.2) is 33.5 Å². The van der Waals surface area contributed by atoms with Gasteiger partial charge in [0.2, 0.25) is 0 Å². The first-order valence-corrected chi connectivity index (χ1v) is 8.64. The monoisotopic (exact) mass is 338 g/mol. The quantitative estimate of drug-likeness (QED) is 0.861. The van der Waals surface area contributed by atoms with Crippen LogP contribution in [0.25, 0.3) is 10.6 Å². The first-order chi connectivity index (χ1) is 10.6. The van der Waals surface area contributed by atoms with Crippen molar-refractivity contribution in [3.05, 3.63) is 35.5 Å². The third-order valence-corrected chi connectivity index (χ3v) is 5.56. The molecule has 3 rings (SSSR count). The third-order valence-electron chi connectivity index (χ3n) is 3.53. The molecule has 1 aliphatic rings. The molecule has 2 heterocycles. The lowest BCUT2D eigenvalue weighted by atomic mass is 10.0. The van der Waals surface area contributed by atoms with E-state index in [1.165, 1.54) is 35.4 Å². The van der Waals surface area contributed by atoms with Gasteiger partial charge in [-0.3, -0.25) is 4.79 Å². The number of benzene rings is 1. The first kappa shape index (κ1) is 15.5. The molecular weight excluding hydrogens is 323 g/mol. The summed E-state index contributed by atoms with van der Waals surface area (Å²) in [7, 11) is 0. The summed E-state index contributed by atoms with van der Waals surface area (Å²) in [6.45, 7) is 1.42. The van der Waals surface area contributed by atoms with Gasteiger partial charge in [-0.25, -0.2) is 13.7 Å². The lowest BCUT2D eigenvalue weighted by Gasteiger charge is -2.28. The normalized spacial score (nSPS) is 19.2. The summed E-state index contributed by atoms with van der Waals surface area (Å²) in [6.07, 6.45) is 1.63. The second kappa shape index (κ2) is 6.76. The van der Waals surface area contributed by atoms with Gasteiger partial charge in [-0.15, -0.1) is 11.3 Å². The van der Waals surface area contributed by atoms with E-state index in [0.717, 1.165) is 35.0 Å². The van der Waals surface area contributed by atoms with Crippen molar-refractivity contribution in [3.8, 4) is 10.6 Å². The maximum atomic E-state index is 12.9. The average molecular weight is 338 g/mol. The molecule has 0 saturated carbocycles. The predicted octanol–water partition coefficient (Wildman–Crippen LogP) is 3.75. The Kier molecular flexibility index (Phi) is 4.75. The second-order valence-corrected chi connectivity index (χ2v) is 7.13. The maximum absolute atomic E-state index is 12.9. The summed E-state index contributed by atoms with van der Waals surface area (Å²) >= 11 is 3.01. The number of halogens is 1. The molecule has 0 radical (unpaired) electrons. The molecule has 22 heavy (non-hydrogen) atoms. The number of aliphatic carboxylic acids is 1. The Bertz CT molecular complexity index is 660. The van der Waals surface area contributed by atoms with Crippen molar-refractivity contribution in [1.82, 2.24) is 9.29 Å². The van der Waals surface area contributed by atoms with Crippen molar-refractivity contribution in [3.63, 3.8) is 0 Å². The zero-order valence-electron chi connectivity index (χ0n) is 11.7. The van der Waals surface area contributed by atoms with Gasteiger partial charge in [0.05, 0.1) is 5.92 Å². The van der Waals surface area contributed by atoms with Crippen LogP contribution < -0.4 is 0 Å². The van der Waals surface area contributed by atoms with Crippen LogP contribution in [-0.2, 0) is 4.79 Å². The highest BCUT2D eigenvalue weighted by Gasteiger charge is 2.26. The molecule has 0 aliphatic carbocycles. The van der Waals surface area contributed by atoms with Crippen LogP contribution in [0.1, 0.15) is 12.8 Å². The molecule has 1 fully saturated rings. The molecule has 0 spiro atoms. The highest BCUT2D eigenvalue weighted by Crippen LogP contribution is 2.32. The summed E-state index contributed by atoms with van der Waals surface area (Å²) in [5, 5.41) is 12.8. The summed E-state index contributed by atoms with van der Waals surface area (Å²) < 4.78 is 15.0. The van der Waals surface area contributed by atoms with Crippen LogP contribution in [0, 0.1) is 11.7 Å². The van der Waals surface area contributed by atoms with Crippen molar-refractivity contribution < 1.29 is 14.3 Å². The molecule has 0 bridgehead atoms. The number of rotatable bonds is 4. The van der Waals surface area contributed by atoms with E-state index in [-0.39, 0.29) is 11.7 Å². The smallest absolute Gasteiger partial charge is 0.307 e. The molecule has 1 atom stereocenters. The Hall–Kier alpha value is -1.44. The molecule has 1 N–H and O–H groups in total. The largest absolute Gasteiger partial charge is 0.481 e. The number of hydrogen-bond donors (Lipinski definition) is 1. The zero-order valence-corrected chi connectivity index (χ0v) is 13.4. The molecule has 4 nitrogen and oxygen atoms in total. The van der Waals surface area contributed by atoms with Gasteiger partial charge in [-0.1, -0.05) is 0 Å². The molecule has 1 unspecified atom stereocenters. The molecule has 1 aromatic heterocycles. The summed E-state index contributed by atoms with van der Waals surface area (Å²) in [4.78, 5) is 15.6. The van der Waals surface area contributed by atoms with Crippen LogP contribution >= 0.6 is 23.3 Å². The van der Waals surface area contributed by atoms with E-state index >= 15 is 0 Å². The topological polar surface area (TPSA) is 53.4 Å². The Labute approximate surface area is 136 Å². The number of piperidine rings is 1. The van der Waals surface area contributed by atoms with Gasteiger partial charge in [0, 0.05) is 24.0 Å². The lowest BCUT2D eigenvalue weighted by molar-refractivity contribution is -0.142. The second-order valence-electron chi connectivity index (χ2n) is 5.15. The Morgan fingerprint density at radius 2 is 2.18 bits per heavy atom. The lowest BCUT2D eigenvalue weighted by Crippen LogP contribution is -2.34. The zero-order chi connectivity index (χ0) is 15.5. The summed E-state index contributed by atoms with van der Waals surface area (Å²) in [5.74, 6) is -1.28. The highest BCUT2D eigenvalue weighted by molar-refractivity contribution is 7.97. The average Bonchev–Trinajstić information content (AvgIpc) is 2.96. The van der Waals surface area contributed by atoms with E-state index in [9.17, 15) is 9.18 Å². The molecule has 1 saturated heterocycles. The Morgan fingerprint density at radius 3 is 2.91 bits per heavy atom. The highest BCUT2D eigenvalue weighted by atomic mass is 32.2. The standard InChI is InChI=1S/C15H15FN2O2S2/c16-12-5-3-10(4-6-12)14-17-13(9-21-14)22-18-7-1-2-11(8-18)15(19)20/h3-6,9,11H,1-2,7-8H2,(H,19,20). The van der Waals surface area contributed by atoms with E-state index in [1.54, 1.807) is 12.1 Å². The van der Waals surface area contributed by atoms with E-state index in [2.05, 4.69) is 9.29 Å². The SMILES string of the molecule is O=C(O)C1CCCN(Sc2csc(-c3ccc(F)cc3)n2)C1. The van der Waals surface area contributed by atoms with Crippen molar-refractivity contribution in [1.29, 1.82) is 0 Å². The number of hydrogen-bond acceptors (Lipinski definition) is 5. The minimum atomic E-state index is -0.726. The van der Waals surface area contributed by atoms with Crippen molar-refractivity contribution in [2.75, 3.05) is 13.1 Å². The molecule has 2 aromatic rings. The third kappa shape index (κ3) is 3.66. The van der Waals surface area contributed by atoms with Crippen LogP contribution in [0.15, 0.2) is 34.7 Å². The maximum Gasteiger partial charge on any atom is 0.307 e. The van der Waals surface area contributed by atoms with E-state index < -0.39 is 5.97 Å². The summed E-state index contributed by atoms with van der Waals surface area (Å²) in [6, 6.07) is 6.27. The molecule has 116 valence electrons. The number of thiazole rings is 1. The van der Waals surface area contributed by atoms with Gasteiger partial charge in [0.25, 0.3) is 0 Å². The van der Waals surface area contributed by atoms with Crippen LogP contribution in [0.4, 0.5) is 4.39 Å². The number of aromatic nitrogens is 1. The van der Waals surface area contributed by atoms with E-state index in [4.69, 9.17) is 5.11 Å². The fourth-order valence-electron chi connectivity index (χ4n) is 2.39. The van der Waals surface area contributed by atoms with Crippen molar-refractivity contribution >= 4 is 29.3 Å². The predicted molar refractivity (Wildman–Crippen MR) is 85.3 cm³/mol. The van der Waals surface area contributed by atoms with Gasteiger partial charge < -0.3 is 5.11 Å². The molecule has 1 aliphatic heterocycles. The molecule has 1 aromatic carbocycles. The number of carboxylic acids is 1. The van der Waals surface area contributed by atoms with Gasteiger partial charge >= 0.3 is 5.97 Å². The van der Waals surface area contributed by atoms with Crippen molar-refractivity contribution in [2.24, 2.45) is 5.92 Å². The van der Waals surface area contributed by atoms with Gasteiger partial charge in [0.15, 0.2) is 0 Å². The fourth-order valence-corrected chi connectivity index (χ4v) is 4.32. The minimum absolute atomic E-state index is 0.261. The minimum Gasteiger partial charge on any atom is -0.481 e. The van der Waals surface area contributed by atoms with Crippen LogP contribution in [0.5, 0.6) is 0 Å². The fraction of sp³-hybridized carbons (Fsp3) is 0.333. The van der Waals surface area contributed by atoms with Gasteiger partial charge in [-0.2, -0.15) is 0 Å². The van der Waals surface area contributed by atoms with E-state index in [1.807, 2.05) is 5.38 Å². The van der Waals surface area contributed by atoms with Crippen LogP contribution in [0.3, 0.4) is 0 Å². The number of carbonyl (C=O) groups is 1. The van der Waals surface area contributed by atoms with E-state index in [0.29, 0.717) is 6.54 Å². The molecular formula is C15H15FN2O2S2. The molecule has 7 heteroatoms. The number of carboxylic acid groups (broad SMARTS) is 1. The van der Waals surface area contributed by atoms with Crippen LogP contribution in [0.2, 0.25) is 0 Å². The first-order valence-electron chi connectivity index (χ1n) is 6.99. The summed E-state index contributed by atoms with van der Waals surface area (Å²) in [5.41, 5.74) is 0.889. The number of nitrogens with zero attached hydrogens (tertiary/aromatic N) is 2. The Morgan fingerprint density at radius 1 is 1.41 bits per heavy atom. The van der Waals surface area contributed by atoms with Crippen molar-refractivity contribution in [2.45, 2.75) is 17.9 Å². The van der Waals surface area contributed by atoms with Gasteiger partial charge in [0.1, 0.15) is 15.9 Å². The van der Waals surface area contributed by atoms with Gasteiger partial charge in [-0.05, 0) is 49.1 Å².